The number of amides is 1. The maximum absolute atomic E-state index is 12.7. The topological polar surface area (TPSA) is 89.3 Å². The minimum absolute atomic E-state index is 0.0250. The van der Waals surface area contributed by atoms with Gasteiger partial charge in [-0.15, -0.1) is 5.10 Å². The summed E-state index contributed by atoms with van der Waals surface area (Å²) in [6.45, 7) is 1.82. The number of aromatic nitrogens is 3. The van der Waals surface area contributed by atoms with Gasteiger partial charge in [0.1, 0.15) is 11.6 Å². The summed E-state index contributed by atoms with van der Waals surface area (Å²) in [4.78, 5) is 31.2. The molecule has 1 fully saturated rings. The van der Waals surface area contributed by atoms with Crippen LogP contribution in [0.4, 0.5) is 5.82 Å². The first kappa shape index (κ1) is 20.6. The summed E-state index contributed by atoms with van der Waals surface area (Å²) in [5, 5.41) is 7.56. The number of rotatable bonds is 6. The largest absolute Gasteiger partial charge is 0.497 e. The molecule has 1 aliphatic rings. The van der Waals surface area contributed by atoms with Crippen molar-refractivity contribution in [3.63, 3.8) is 0 Å². The Kier molecular flexibility index (Phi) is 6.26. The average molecular weight is 419 g/mol. The van der Waals surface area contributed by atoms with Crippen LogP contribution in [-0.4, -0.2) is 40.9 Å². The van der Waals surface area contributed by atoms with Crippen molar-refractivity contribution in [2.24, 2.45) is 5.92 Å². The Labute approximate surface area is 180 Å². The maximum atomic E-state index is 12.7. The minimum Gasteiger partial charge on any atom is -0.497 e. The van der Waals surface area contributed by atoms with Crippen LogP contribution in [0.5, 0.6) is 5.75 Å². The van der Waals surface area contributed by atoms with E-state index in [1.54, 1.807) is 49.8 Å². The second kappa shape index (κ2) is 9.42. The van der Waals surface area contributed by atoms with Crippen LogP contribution in [0.15, 0.2) is 65.7 Å². The number of nitrogens with one attached hydrogen (secondary N) is 1. The summed E-state index contributed by atoms with van der Waals surface area (Å²) in [7, 11) is 1.60. The molecule has 0 spiro atoms. The minimum atomic E-state index is -0.211. The van der Waals surface area contributed by atoms with Gasteiger partial charge in [-0.3, -0.25) is 14.6 Å². The standard InChI is InChI=1S/C23H25N5O3/c1-31-20-8-6-19(7-9-20)28-22(29)11-10-21(26-28)27-13-3-5-18(16-27)23(30)25-15-17-4-2-12-24-14-17/h2,4,6-12,14,18H,3,5,13,15-16H2,1H3,(H,25,30). The van der Waals surface area contributed by atoms with Crippen molar-refractivity contribution in [1.82, 2.24) is 20.1 Å². The lowest BCUT2D eigenvalue weighted by molar-refractivity contribution is -0.125. The lowest BCUT2D eigenvalue weighted by Gasteiger charge is -2.33. The van der Waals surface area contributed by atoms with Gasteiger partial charge >= 0.3 is 0 Å². The number of carbonyl (C=O) groups excluding carboxylic acids is 1. The van der Waals surface area contributed by atoms with E-state index in [1.807, 2.05) is 12.1 Å². The lowest BCUT2D eigenvalue weighted by Crippen LogP contribution is -2.43. The average Bonchev–Trinajstić information content (AvgIpc) is 2.83. The number of hydrogen-bond acceptors (Lipinski definition) is 6. The van der Waals surface area contributed by atoms with Crippen molar-refractivity contribution >= 4 is 11.7 Å². The van der Waals surface area contributed by atoms with Gasteiger partial charge < -0.3 is 15.0 Å². The Morgan fingerprint density at radius 3 is 2.77 bits per heavy atom. The Morgan fingerprint density at radius 1 is 1.19 bits per heavy atom. The van der Waals surface area contributed by atoms with E-state index >= 15 is 0 Å². The van der Waals surface area contributed by atoms with Gasteiger partial charge in [-0.2, -0.15) is 4.68 Å². The van der Waals surface area contributed by atoms with E-state index in [4.69, 9.17) is 4.74 Å². The third-order valence-electron chi connectivity index (χ3n) is 5.41. The molecular formula is C23H25N5O3. The van der Waals surface area contributed by atoms with Crippen LogP contribution in [0.25, 0.3) is 5.69 Å². The van der Waals surface area contributed by atoms with Gasteiger partial charge in [0.05, 0.1) is 18.7 Å². The molecule has 3 aromatic rings. The highest BCUT2D eigenvalue weighted by Crippen LogP contribution is 2.22. The summed E-state index contributed by atoms with van der Waals surface area (Å²) >= 11 is 0. The van der Waals surface area contributed by atoms with Crippen LogP contribution in [0.2, 0.25) is 0 Å². The summed E-state index contributed by atoms with van der Waals surface area (Å²) in [5.74, 6) is 1.29. The fraction of sp³-hybridized carbons (Fsp3) is 0.304. The monoisotopic (exact) mass is 419 g/mol. The molecule has 1 atom stereocenters. The smallest absolute Gasteiger partial charge is 0.271 e. The Hall–Kier alpha value is -3.68. The normalized spacial score (nSPS) is 16.0. The Balaban J connectivity index is 1.46. The molecule has 1 aliphatic heterocycles. The van der Waals surface area contributed by atoms with Crippen molar-refractivity contribution in [3.05, 3.63) is 76.8 Å². The molecule has 31 heavy (non-hydrogen) atoms. The van der Waals surface area contributed by atoms with E-state index in [9.17, 15) is 9.59 Å². The molecule has 0 aliphatic carbocycles. The first-order valence-electron chi connectivity index (χ1n) is 10.3. The zero-order valence-electron chi connectivity index (χ0n) is 17.4. The molecule has 4 rings (SSSR count). The fourth-order valence-electron chi connectivity index (χ4n) is 3.71. The van der Waals surface area contributed by atoms with Gasteiger partial charge in [0.15, 0.2) is 0 Å². The fourth-order valence-corrected chi connectivity index (χ4v) is 3.71. The number of hydrogen-bond donors (Lipinski definition) is 1. The van der Waals surface area contributed by atoms with E-state index in [2.05, 4.69) is 20.3 Å². The van der Waals surface area contributed by atoms with Crippen molar-refractivity contribution < 1.29 is 9.53 Å². The van der Waals surface area contributed by atoms with Crippen LogP contribution in [0.1, 0.15) is 18.4 Å². The lowest BCUT2D eigenvalue weighted by atomic mass is 9.97. The van der Waals surface area contributed by atoms with E-state index in [0.717, 1.165) is 24.9 Å². The summed E-state index contributed by atoms with van der Waals surface area (Å²) in [5.41, 5.74) is 1.42. The second-order valence-electron chi connectivity index (χ2n) is 7.50. The quantitative estimate of drug-likeness (QED) is 0.659. The van der Waals surface area contributed by atoms with Crippen LogP contribution >= 0.6 is 0 Å². The molecule has 1 amide bonds. The molecule has 8 nitrogen and oxygen atoms in total. The van der Waals surface area contributed by atoms with E-state index in [0.29, 0.717) is 30.3 Å². The summed E-state index contributed by atoms with van der Waals surface area (Å²) in [6, 6.07) is 14.2. The Bertz CT molecular complexity index is 1080. The number of piperidine rings is 1. The zero-order valence-corrected chi connectivity index (χ0v) is 17.4. The number of carbonyl (C=O) groups is 1. The highest BCUT2D eigenvalue weighted by atomic mass is 16.5. The van der Waals surface area contributed by atoms with Gasteiger partial charge in [-0.05, 0) is 54.8 Å². The first-order chi connectivity index (χ1) is 15.1. The molecule has 0 bridgehead atoms. The maximum Gasteiger partial charge on any atom is 0.271 e. The molecule has 1 aromatic carbocycles. The molecule has 3 heterocycles. The Morgan fingerprint density at radius 2 is 2.03 bits per heavy atom. The second-order valence-corrected chi connectivity index (χ2v) is 7.50. The number of ether oxygens (including phenoxy) is 1. The third-order valence-corrected chi connectivity index (χ3v) is 5.41. The van der Waals surface area contributed by atoms with Crippen molar-refractivity contribution in [1.29, 1.82) is 0 Å². The van der Waals surface area contributed by atoms with Gasteiger partial charge in [-0.1, -0.05) is 6.07 Å². The van der Waals surface area contributed by atoms with Crippen LogP contribution in [0, 0.1) is 5.92 Å². The van der Waals surface area contributed by atoms with Crippen molar-refractivity contribution in [3.8, 4) is 11.4 Å². The van der Waals surface area contributed by atoms with Crippen LogP contribution in [0.3, 0.4) is 0 Å². The number of benzene rings is 1. The number of nitrogens with zero attached hydrogens (tertiary/aromatic N) is 4. The van der Waals surface area contributed by atoms with Gasteiger partial charge in [-0.25, -0.2) is 0 Å². The third kappa shape index (κ3) is 4.91. The zero-order chi connectivity index (χ0) is 21.6. The van der Waals surface area contributed by atoms with Crippen molar-refractivity contribution in [2.75, 3.05) is 25.1 Å². The summed E-state index contributed by atoms with van der Waals surface area (Å²) in [6.07, 6.45) is 5.17. The predicted octanol–water partition coefficient (Wildman–Crippen LogP) is 2.17. The number of anilines is 1. The van der Waals surface area contributed by atoms with Crippen LogP contribution < -0.4 is 20.5 Å². The number of methoxy groups -OCH3 is 1. The highest BCUT2D eigenvalue weighted by molar-refractivity contribution is 5.79. The molecule has 0 radical (unpaired) electrons. The van der Waals surface area contributed by atoms with Gasteiger partial charge in [0.25, 0.3) is 5.56 Å². The van der Waals surface area contributed by atoms with E-state index < -0.39 is 0 Å². The van der Waals surface area contributed by atoms with Gasteiger partial charge in [0.2, 0.25) is 5.91 Å². The molecule has 160 valence electrons. The predicted molar refractivity (Wildman–Crippen MR) is 117 cm³/mol. The first-order valence-corrected chi connectivity index (χ1v) is 10.3. The highest BCUT2D eigenvalue weighted by Gasteiger charge is 2.26. The SMILES string of the molecule is COc1ccc(-n2nc(N3CCCC(C(=O)NCc4cccnc4)C3)ccc2=O)cc1. The molecule has 1 saturated heterocycles. The molecular weight excluding hydrogens is 394 g/mol. The molecule has 8 heteroatoms. The van der Waals surface area contributed by atoms with Gasteiger partial charge in [0, 0.05) is 38.1 Å². The van der Waals surface area contributed by atoms with Crippen LogP contribution in [-0.2, 0) is 11.3 Å². The molecule has 2 aromatic heterocycles. The molecule has 1 N–H and O–H groups in total. The number of pyridine rings is 1. The van der Waals surface area contributed by atoms with Crippen molar-refractivity contribution in [2.45, 2.75) is 19.4 Å². The molecule has 1 unspecified atom stereocenters. The van der Waals surface area contributed by atoms with E-state index in [1.165, 1.54) is 10.7 Å². The molecule has 0 saturated carbocycles. The van der Waals surface area contributed by atoms with E-state index in [-0.39, 0.29) is 17.4 Å². The summed E-state index contributed by atoms with van der Waals surface area (Å²) < 4.78 is 6.55.